The van der Waals surface area contributed by atoms with Crippen LogP contribution in [0.4, 0.5) is 4.39 Å². The number of benzene rings is 1. The smallest absolute Gasteiger partial charge is 0.206 e. The van der Waals surface area contributed by atoms with Crippen LogP contribution in [0.1, 0.15) is 25.3 Å². The molecule has 1 aromatic rings. The topological polar surface area (TPSA) is 26.3 Å². The molecule has 0 aliphatic carbocycles. The Hall–Kier alpha value is -1.05. The van der Waals surface area contributed by atoms with Crippen LogP contribution in [0.15, 0.2) is 30.1 Å². The number of rotatable bonds is 6. The molecule has 0 amide bonds. The Bertz CT molecular complexity index is 377. The van der Waals surface area contributed by atoms with Gasteiger partial charge >= 0.3 is 8.03 Å². The second-order valence-electron chi connectivity index (χ2n) is 3.31. The minimum atomic E-state index is -1.83. The minimum Gasteiger partial charge on any atom is -0.206 e. The molecule has 86 valence electrons. The molecule has 0 fully saturated rings. The van der Waals surface area contributed by atoms with Crippen LogP contribution in [-0.4, -0.2) is 6.61 Å². The first-order valence-corrected chi connectivity index (χ1v) is 6.50. The third-order valence-electron chi connectivity index (χ3n) is 2.00. The zero-order chi connectivity index (χ0) is 11.8. The lowest BCUT2D eigenvalue weighted by Gasteiger charge is -1.92. The highest BCUT2D eigenvalue weighted by molar-refractivity contribution is 7.43. The molecule has 0 heterocycles. The summed E-state index contributed by atoms with van der Waals surface area (Å²) in [4.78, 5) is 0. The normalized spacial score (nSPS) is 12.0. The Morgan fingerprint density at radius 2 is 2.19 bits per heavy atom. The van der Waals surface area contributed by atoms with E-state index < -0.39 is 8.03 Å². The van der Waals surface area contributed by atoms with Crippen LogP contribution in [0.5, 0.6) is 0 Å². The van der Waals surface area contributed by atoms with Gasteiger partial charge in [0.1, 0.15) is 12.4 Å². The van der Waals surface area contributed by atoms with E-state index in [0.717, 1.165) is 12.8 Å². The molecule has 0 aromatic heterocycles. The van der Waals surface area contributed by atoms with Crippen LogP contribution in [0, 0.1) is 5.82 Å². The second-order valence-corrected chi connectivity index (χ2v) is 4.44. The average molecular weight is 241 g/mol. The van der Waals surface area contributed by atoms with E-state index in [1.807, 2.05) is 6.92 Å². The van der Waals surface area contributed by atoms with E-state index >= 15 is 0 Å². The molecule has 16 heavy (non-hydrogen) atoms. The van der Waals surface area contributed by atoms with Gasteiger partial charge in [-0.15, -0.1) is 4.52 Å². The molecule has 0 spiro atoms. The average Bonchev–Trinajstić information content (AvgIpc) is 2.28. The van der Waals surface area contributed by atoms with Gasteiger partial charge in [-0.05, 0) is 23.1 Å². The summed E-state index contributed by atoms with van der Waals surface area (Å²) in [7, 11) is -1.83. The largest absolute Gasteiger partial charge is 0.540 e. The zero-order valence-corrected chi connectivity index (χ0v) is 10.1. The molecule has 4 heteroatoms. The Morgan fingerprint density at radius 3 is 2.88 bits per heavy atom. The Kier molecular flexibility index (Phi) is 5.91. The lowest BCUT2D eigenvalue weighted by atomic mass is 10.2. The van der Waals surface area contributed by atoms with E-state index in [2.05, 4.69) is 0 Å². The molecule has 0 aliphatic heterocycles. The van der Waals surface area contributed by atoms with Crippen molar-refractivity contribution in [1.82, 2.24) is 0 Å². The molecular weight excluding hydrogens is 226 g/mol. The fourth-order valence-corrected chi connectivity index (χ4v) is 1.77. The SMILES string of the molecule is CCCCO[P+](=O)C=Cc1ccccc1F. The molecule has 0 N–H and O–H groups in total. The summed E-state index contributed by atoms with van der Waals surface area (Å²) in [6.07, 6.45) is 3.37. The Balaban J connectivity index is 2.47. The summed E-state index contributed by atoms with van der Waals surface area (Å²) < 4.78 is 29.5. The summed E-state index contributed by atoms with van der Waals surface area (Å²) in [6, 6.07) is 6.34. The molecule has 0 saturated carbocycles. The van der Waals surface area contributed by atoms with Gasteiger partial charge in [0, 0.05) is 5.56 Å². The zero-order valence-electron chi connectivity index (χ0n) is 9.23. The van der Waals surface area contributed by atoms with Gasteiger partial charge in [-0.3, -0.25) is 0 Å². The first kappa shape index (κ1) is 13.0. The number of hydrogen-bond donors (Lipinski definition) is 0. The summed E-state index contributed by atoms with van der Waals surface area (Å²) in [6.45, 7) is 2.51. The molecule has 0 bridgehead atoms. The number of hydrogen-bond acceptors (Lipinski definition) is 2. The third-order valence-corrected chi connectivity index (χ3v) is 2.83. The maximum absolute atomic E-state index is 13.2. The minimum absolute atomic E-state index is 0.323. The van der Waals surface area contributed by atoms with E-state index in [0.29, 0.717) is 12.2 Å². The van der Waals surface area contributed by atoms with Gasteiger partial charge in [-0.1, -0.05) is 31.5 Å². The fourth-order valence-electron chi connectivity index (χ4n) is 1.09. The van der Waals surface area contributed by atoms with Crippen LogP contribution >= 0.6 is 8.03 Å². The van der Waals surface area contributed by atoms with Crippen molar-refractivity contribution < 1.29 is 13.5 Å². The van der Waals surface area contributed by atoms with E-state index in [1.165, 1.54) is 18.0 Å². The van der Waals surface area contributed by atoms with Crippen molar-refractivity contribution in [2.45, 2.75) is 19.8 Å². The maximum Gasteiger partial charge on any atom is 0.540 e. The summed E-state index contributed by atoms with van der Waals surface area (Å²) in [5.74, 6) is 1.07. The third kappa shape index (κ3) is 4.65. The van der Waals surface area contributed by atoms with E-state index in [-0.39, 0.29) is 5.82 Å². The fraction of sp³-hybridized carbons (Fsp3) is 0.333. The molecule has 0 radical (unpaired) electrons. The van der Waals surface area contributed by atoms with Crippen molar-refractivity contribution in [3.05, 3.63) is 41.5 Å². The first-order chi connectivity index (χ1) is 7.74. The quantitative estimate of drug-likeness (QED) is 0.546. The lowest BCUT2D eigenvalue weighted by Crippen LogP contribution is -1.83. The van der Waals surface area contributed by atoms with Crippen molar-refractivity contribution in [3.8, 4) is 0 Å². The number of halogens is 1. The van der Waals surface area contributed by atoms with Crippen LogP contribution < -0.4 is 0 Å². The molecule has 1 aromatic carbocycles. The van der Waals surface area contributed by atoms with E-state index in [4.69, 9.17) is 4.52 Å². The molecule has 1 atom stereocenters. The highest BCUT2D eigenvalue weighted by atomic mass is 31.1. The van der Waals surface area contributed by atoms with E-state index in [9.17, 15) is 8.96 Å². The van der Waals surface area contributed by atoms with Gasteiger partial charge in [0.2, 0.25) is 0 Å². The summed E-state index contributed by atoms with van der Waals surface area (Å²) >= 11 is 0. The molecule has 0 saturated heterocycles. The van der Waals surface area contributed by atoms with Gasteiger partial charge in [0.25, 0.3) is 0 Å². The van der Waals surface area contributed by atoms with Crippen molar-refractivity contribution in [2.75, 3.05) is 6.61 Å². The summed E-state index contributed by atoms with van der Waals surface area (Å²) in [5.41, 5.74) is 0.421. The van der Waals surface area contributed by atoms with Crippen LogP contribution in [0.3, 0.4) is 0 Å². The van der Waals surface area contributed by atoms with Gasteiger partial charge in [-0.2, -0.15) is 0 Å². The van der Waals surface area contributed by atoms with Gasteiger partial charge in [-0.25, -0.2) is 4.39 Å². The predicted molar refractivity (Wildman–Crippen MR) is 63.9 cm³/mol. The molecule has 0 aliphatic rings. The molecular formula is C12H15FO2P+. The van der Waals surface area contributed by atoms with Crippen LogP contribution in [0.2, 0.25) is 0 Å². The van der Waals surface area contributed by atoms with Gasteiger partial charge in [0.05, 0.1) is 0 Å². The van der Waals surface area contributed by atoms with Gasteiger partial charge < -0.3 is 0 Å². The van der Waals surface area contributed by atoms with Crippen molar-refractivity contribution in [1.29, 1.82) is 0 Å². The van der Waals surface area contributed by atoms with E-state index in [1.54, 1.807) is 18.2 Å². The monoisotopic (exact) mass is 241 g/mol. The maximum atomic E-state index is 13.2. The Labute approximate surface area is 96.0 Å². The first-order valence-electron chi connectivity index (χ1n) is 5.26. The highest BCUT2D eigenvalue weighted by Gasteiger charge is 2.11. The van der Waals surface area contributed by atoms with Crippen molar-refractivity contribution in [3.63, 3.8) is 0 Å². The van der Waals surface area contributed by atoms with Crippen molar-refractivity contribution >= 4 is 14.1 Å². The predicted octanol–water partition coefficient (Wildman–Crippen LogP) is 4.36. The molecule has 2 nitrogen and oxygen atoms in total. The summed E-state index contributed by atoms with van der Waals surface area (Å²) in [5, 5.41) is 0. The second kappa shape index (κ2) is 7.26. The van der Waals surface area contributed by atoms with Crippen molar-refractivity contribution in [2.24, 2.45) is 0 Å². The molecule has 1 rings (SSSR count). The highest BCUT2D eigenvalue weighted by Crippen LogP contribution is 2.25. The van der Waals surface area contributed by atoms with Crippen LogP contribution in [0.25, 0.3) is 6.08 Å². The standard InChI is InChI=1S/C12H15FO2P/c1-2-3-9-15-16(14)10-8-11-6-4-5-7-12(11)13/h4-8,10H,2-3,9H2,1H3/q+1. The van der Waals surface area contributed by atoms with Gasteiger partial charge in [0.15, 0.2) is 5.82 Å². The molecule has 1 unspecified atom stereocenters. The van der Waals surface area contributed by atoms with Crippen LogP contribution in [-0.2, 0) is 9.09 Å². The lowest BCUT2D eigenvalue weighted by molar-refractivity contribution is 0.326. The Morgan fingerprint density at radius 1 is 1.44 bits per heavy atom. The number of unbranched alkanes of at least 4 members (excludes halogenated alkanes) is 1.